The molecule has 3 rings (SSSR count). The fraction of sp³-hybridized carbons (Fsp3) is 0.350. The molecule has 0 aliphatic heterocycles. The molecule has 7 heteroatoms. The third kappa shape index (κ3) is 3.73. The number of hydrogen-bond acceptors (Lipinski definition) is 4. The minimum Gasteiger partial charge on any atom is -0.324 e. The number of anilines is 1. The fourth-order valence-electron chi connectivity index (χ4n) is 3.02. The molecule has 0 bridgehead atoms. The molecule has 1 amide bonds. The summed E-state index contributed by atoms with van der Waals surface area (Å²) in [6.07, 6.45) is 1.61. The maximum atomic E-state index is 12.9. The number of nitrogens with one attached hydrogen (secondary N) is 1. The van der Waals surface area contributed by atoms with E-state index in [0.717, 1.165) is 29.7 Å². The van der Waals surface area contributed by atoms with Crippen LogP contribution in [0.4, 0.5) is 5.69 Å². The highest BCUT2D eigenvalue weighted by Gasteiger charge is 2.16. The zero-order chi connectivity index (χ0) is 19.6. The summed E-state index contributed by atoms with van der Waals surface area (Å²) in [5.74, 6) is -0.293. The molecule has 142 valence electrons. The van der Waals surface area contributed by atoms with Crippen LogP contribution in [0, 0.1) is 13.8 Å². The summed E-state index contributed by atoms with van der Waals surface area (Å²) < 4.78 is 3.14. The molecular formula is C20H23N3O3S. The van der Waals surface area contributed by atoms with Crippen molar-refractivity contribution in [1.82, 2.24) is 9.13 Å². The van der Waals surface area contributed by atoms with Crippen LogP contribution in [0.3, 0.4) is 0 Å². The van der Waals surface area contributed by atoms with E-state index in [9.17, 15) is 14.4 Å². The molecule has 1 aromatic carbocycles. The van der Waals surface area contributed by atoms with Crippen molar-refractivity contribution in [2.75, 3.05) is 5.32 Å². The molecule has 2 aromatic heterocycles. The molecule has 0 saturated heterocycles. The topological polar surface area (TPSA) is 73.1 Å². The number of aryl methyl sites for hydroxylation is 1. The first-order valence-corrected chi connectivity index (χ1v) is 9.89. The van der Waals surface area contributed by atoms with E-state index in [-0.39, 0.29) is 18.0 Å². The molecule has 0 aliphatic rings. The summed E-state index contributed by atoms with van der Waals surface area (Å²) in [7, 11) is 0. The van der Waals surface area contributed by atoms with E-state index >= 15 is 0 Å². The quantitative estimate of drug-likeness (QED) is 0.708. The van der Waals surface area contributed by atoms with Crippen LogP contribution in [0.15, 0.2) is 39.2 Å². The summed E-state index contributed by atoms with van der Waals surface area (Å²) in [6, 6.07) is 7.42. The zero-order valence-corrected chi connectivity index (χ0v) is 16.6. The summed E-state index contributed by atoms with van der Waals surface area (Å²) in [5.41, 5.74) is 2.61. The number of thiophene rings is 1. The Hall–Kier alpha value is -2.67. The van der Waals surface area contributed by atoms with Gasteiger partial charge in [0.25, 0.3) is 5.56 Å². The number of hydrogen-bond donors (Lipinski definition) is 1. The minimum atomic E-state index is -0.435. The van der Waals surface area contributed by atoms with Crippen molar-refractivity contribution in [3.63, 3.8) is 0 Å². The fourth-order valence-corrected chi connectivity index (χ4v) is 3.86. The van der Waals surface area contributed by atoms with Crippen LogP contribution in [0.1, 0.15) is 30.9 Å². The van der Waals surface area contributed by atoms with E-state index in [1.807, 2.05) is 39.0 Å². The van der Waals surface area contributed by atoms with Crippen molar-refractivity contribution in [3.8, 4) is 0 Å². The Morgan fingerprint density at radius 2 is 1.93 bits per heavy atom. The van der Waals surface area contributed by atoms with Gasteiger partial charge in [0.2, 0.25) is 5.91 Å². The largest absolute Gasteiger partial charge is 0.332 e. The van der Waals surface area contributed by atoms with Crippen molar-refractivity contribution in [3.05, 3.63) is 61.6 Å². The predicted molar refractivity (Wildman–Crippen MR) is 110 cm³/mol. The summed E-state index contributed by atoms with van der Waals surface area (Å²) in [4.78, 5) is 38.1. The first-order valence-electron chi connectivity index (χ1n) is 9.01. The summed E-state index contributed by atoms with van der Waals surface area (Å²) in [5, 5.41) is 4.65. The predicted octanol–water partition coefficient (Wildman–Crippen LogP) is 3.28. The van der Waals surface area contributed by atoms with Crippen LogP contribution in [0.2, 0.25) is 0 Å². The van der Waals surface area contributed by atoms with Crippen LogP contribution in [-0.4, -0.2) is 15.0 Å². The maximum absolute atomic E-state index is 12.9. The van der Waals surface area contributed by atoms with Gasteiger partial charge in [0, 0.05) is 12.2 Å². The third-order valence-corrected chi connectivity index (χ3v) is 5.64. The van der Waals surface area contributed by atoms with Gasteiger partial charge >= 0.3 is 5.69 Å². The highest BCUT2D eigenvalue weighted by Crippen LogP contribution is 2.19. The van der Waals surface area contributed by atoms with Gasteiger partial charge in [-0.2, -0.15) is 0 Å². The molecule has 0 radical (unpaired) electrons. The van der Waals surface area contributed by atoms with Crippen LogP contribution >= 0.6 is 11.3 Å². The van der Waals surface area contributed by atoms with Gasteiger partial charge in [-0.1, -0.05) is 25.5 Å². The zero-order valence-electron chi connectivity index (χ0n) is 15.7. The number of nitrogens with zero attached hydrogens (tertiary/aromatic N) is 2. The lowest BCUT2D eigenvalue weighted by Crippen LogP contribution is -2.41. The number of carbonyl (C=O) groups excluding carboxylic acids is 1. The van der Waals surface area contributed by atoms with Crippen molar-refractivity contribution < 1.29 is 4.79 Å². The Bertz CT molecular complexity index is 1110. The normalized spacial score (nSPS) is 11.1. The number of unbranched alkanes of at least 4 members (excludes halogenated alkanes) is 1. The van der Waals surface area contributed by atoms with Gasteiger partial charge in [-0.3, -0.25) is 18.7 Å². The van der Waals surface area contributed by atoms with Gasteiger partial charge in [0.05, 0.1) is 5.52 Å². The van der Waals surface area contributed by atoms with Gasteiger partial charge in [0.1, 0.15) is 11.2 Å². The Morgan fingerprint density at radius 3 is 2.67 bits per heavy atom. The van der Waals surface area contributed by atoms with Crippen LogP contribution in [0.5, 0.6) is 0 Å². The van der Waals surface area contributed by atoms with E-state index in [0.29, 0.717) is 16.8 Å². The summed E-state index contributed by atoms with van der Waals surface area (Å²) in [6.45, 7) is 6.16. The molecule has 2 heterocycles. The van der Waals surface area contributed by atoms with Crippen molar-refractivity contribution in [2.24, 2.45) is 0 Å². The molecule has 0 saturated carbocycles. The minimum absolute atomic E-state index is 0.133. The van der Waals surface area contributed by atoms with Crippen LogP contribution in [-0.2, 0) is 17.9 Å². The van der Waals surface area contributed by atoms with Gasteiger partial charge in [-0.15, -0.1) is 11.3 Å². The Kier molecular flexibility index (Phi) is 5.60. The molecular weight excluding hydrogens is 362 g/mol. The van der Waals surface area contributed by atoms with Gasteiger partial charge in [0.15, 0.2) is 0 Å². The lowest BCUT2D eigenvalue weighted by molar-refractivity contribution is -0.116. The van der Waals surface area contributed by atoms with Gasteiger partial charge < -0.3 is 5.32 Å². The Labute approximate surface area is 161 Å². The van der Waals surface area contributed by atoms with E-state index < -0.39 is 5.69 Å². The van der Waals surface area contributed by atoms with Gasteiger partial charge in [-0.25, -0.2) is 4.79 Å². The van der Waals surface area contributed by atoms with Crippen LogP contribution in [0.25, 0.3) is 10.2 Å². The summed E-state index contributed by atoms with van der Waals surface area (Å²) >= 11 is 1.30. The molecule has 1 N–H and O–H groups in total. The number of aromatic nitrogens is 2. The lowest BCUT2D eigenvalue weighted by atomic mass is 10.1. The average Bonchev–Trinajstić information content (AvgIpc) is 3.12. The Balaban J connectivity index is 1.97. The smallest absolute Gasteiger partial charge is 0.324 e. The SMILES string of the molecule is CCCCn1c(=O)c2sccc2n(CC(=O)Nc2cccc(C)c2C)c1=O. The number of rotatable bonds is 6. The molecule has 3 aromatic rings. The molecule has 27 heavy (non-hydrogen) atoms. The van der Waals surface area contributed by atoms with Crippen molar-refractivity contribution in [2.45, 2.75) is 46.7 Å². The van der Waals surface area contributed by atoms with E-state index in [1.54, 1.807) is 11.4 Å². The number of benzene rings is 1. The van der Waals surface area contributed by atoms with E-state index in [1.165, 1.54) is 20.5 Å². The van der Waals surface area contributed by atoms with Crippen LogP contribution < -0.4 is 16.6 Å². The molecule has 0 aliphatic carbocycles. The molecule has 0 unspecified atom stereocenters. The molecule has 0 spiro atoms. The molecule has 0 atom stereocenters. The van der Waals surface area contributed by atoms with Crippen molar-refractivity contribution in [1.29, 1.82) is 0 Å². The second-order valence-corrected chi connectivity index (χ2v) is 7.53. The number of carbonyl (C=O) groups is 1. The lowest BCUT2D eigenvalue weighted by Gasteiger charge is -2.13. The average molecular weight is 385 g/mol. The standard InChI is InChI=1S/C20H23N3O3S/c1-4-5-10-22-19(25)18-16(9-11-27-18)23(20(22)26)12-17(24)21-15-8-6-7-13(2)14(15)3/h6-9,11H,4-5,10,12H2,1-3H3,(H,21,24). The van der Waals surface area contributed by atoms with Gasteiger partial charge in [-0.05, 0) is 48.9 Å². The van der Waals surface area contributed by atoms with E-state index in [2.05, 4.69) is 5.32 Å². The van der Waals surface area contributed by atoms with E-state index in [4.69, 9.17) is 0 Å². The first-order chi connectivity index (χ1) is 12.9. The third-order valence-electron chi connectivity index (χ3n) is 4.75. The highest BCUT2D eigenvalue weighted by atomic mass is 32.1. The Morgan fingerprint density at radius 1 is 1.15 bits per heavy atom. The number of amides is 1. The first kappa shape index (κ1) is 19.1. The highest BCUT2D eigenvalue weighted by molar-refractivity contribution is 7.17. The van der Waals surface area contributed by atoms with Crippen molar-refractivity contribution >= 4 is 33.1 Å². The maximum Gasteiger partial charge on any atom is 0.332 e. The second-order valence-electron chi connectivity index (χ2n) is 6.61. The second kappa shape index (κ2) is 7.92. The monoisotopic (exact) mass is 385 g/mol. The number of fused-ring (bicyclic) bond motifs is 1. The molecule has 6 nitrogen and oxygen atoms in total. The molecule has 0 fully saturated rings.